The first-order valence-electron chi connectivity index (χ1n) is 8.62. The molecule has 144 valence electrons. The smallest absolute Gasteiger partial charge is 0.261 e. The molecule has 1 saturated heterocycles. The van der Waals surface area contributed by atoms with Crippen LogP contribution in [0.2, 0.25) is 0 Å². The minimum absolute atomic E-state index is 0.715. The van der Waals surface area contributed by atoms with Gasteiger partial charge in [-0.05, 0) is 60.9 Å². The lowest BCUT2D eigenvalue weighted by Crippen LogP contribution is -2.27. The van der Waals surface area contributed by atoms with Gasteiger partial charge in [-0.15, -0.1) is 0 Å². The minimum atomic E-state index is -3.67. The van der Waals surface area contributed by atoms with Crippen LogP contribution in [0, 0.1) is 0 Å². The second-order valence-electron chi connectivity index (χ2n) is 6.75. The second-order valence-corrected chi connectivity index (χ2v) is 10.2. The van der Waals surface area contributed by atoms with Gasteiger partial charge < -0.3 is 4.90 Å². The number of hydrogen-bond donors (Lipinski definition) is 1. The van der Waals surface area contributed by atoms with Crippen LogP contribution >= 0.6 is 27.7 Å². The summed E-state index contributed by atoms with van der Waals surface area (Å²) in [7, 11) is -1.45. The van der Waals surface area contributed by atoms with Crippen LogP contribution < -0.4 is 0 Å². The summed E-state index contributed by atoms with van der Waals surface area (Å²) in [4.78, 5) is 5.19. The number of piperidine rings is 1. The van der Waals surface area contributed by atoms with E-state index in [0.29, 0.717) is 6.26 Å². The van der Waals surface area contributed by atoms with E-state index in [2.05, 4.69) is 70.3 Å². The molecule has 0 saturated carbocycles. The summed E-state index contributed by atoms with van der Waals surface area (Å²) in [5.74, 6) is 0. The first-order chi connectivity index (χ1) is 12.7. The van der Waals surface area contributed by atoms with Gasteiger partial charge in [-0.3, -0.25) is 4.55 Å². The highest BCUT2D eigenvalue weighted by Crippen LogP contribution is 2.48. The predicted octanol–water partition coefficient (Wildman–Crippen LogP) is 4.95. The average Bonchev–Trinajstić information content (AvgIpc) is 2.59. The molecule has 0 spiro atoms. The fourth-order valence-electron chi connectivity index (χ4n) is 3.33. The van der Waals surface area contributed by atoms with Crippen molar-refractivity contribution in [2.75, 3.05) is 26.4 Å². The molecule has 1 N–H and O–H groups in total. The van der Waals surface area contributed by atoms with Crippen molar-refractivity contribution >= 4 is 43.4 Å². The monoisotopic (exact) mass is 467 g/mol. The molecule has 2 aliphatic heterocycles. The molecule has 27 heavy (non-hydrogen) atoms. The number of benzene rings is 2. The fraction of sp³-hybridized carbons (Fsp3) is 0.300. The normalized spacial score (nSPS) is 16.9. The highest BCUT2D eigenvalue weighted by molar-refractivity contribution is 9.10. The zero-order chi connectivity index (χ0) is 19.6. The summed E-state index contributed by atoms with van der Waals surface area (Å²) in [6.07, 6.45) is 3.07. The highest BCUT2D eigenvalue weighted by Gasteiger charge is 2.25. The van der Waals surface area contributed by atoms with E-state index < -0.39 is 10.1 Å². The Bertz CT molecular complexity index is 968. The molecule has 2 aliphatic rings. The van der Waals surface area contributed by atoms with Gasteiger partial charge in [0.2, 0.25) is 0 Å². The van der Waals surface area contributed by atoms with Crippen molar-refractivity contribution in [2.24, 2.45) is 0 Å². The standard InChI is InChI=1S/C19H18BrNS.CH4O3S/c1-21-10-8-13(9-11-21)19-15-4-2-3-5-17(15)22-18-7-6-14(20)12-16(18)19;1-5(2,3)4/h2-7,12H,8-11H2,1H3;1H3,(H,2,3,4). The van der Waals surface area contributed by atoms with E-state index in [1.807, 2.05) is 11.8 Å². The molecule has 0 unspecified atom stereocenters. The van der Waals surface area contributed by atoms with Gasteiger partial charge in [-0.2, -0.15) is 8.42 Å². The quantitative estimate of drug-likeness (QED) is 0.474. The molecule has 2 heterocycles. The molecular formula is C20H22BrNO3S2. The number of hydrogen-bond acceptors (Lipinski definition) is 4. The summed E-state index contributed by atoms with van der Waals surface area (Å²) < 4.78 is 27.0. The predicted molar refractivity (Wildman–Crippen MR) is 115 cm³/mol. The first kappa shape index (κ1) is 20.6. The highest BCUT2D eigenvalue weighted by atomic mass is 79.9. The number of nitrogens with zero attached hydrogens (tertiary/aromatic N) is 1. The Kier molecular flexibility index (Phi) is 6.48. The van der Waals surface area contributed by atoms with E-state index in [1.54, 1.807) is 5.57 Å². The van der Waals surface area contributed by atoms with Crippen molar-refractivity contribution < 1.29 is 13.0 Å². The number of fused-ring (bicyclic) bond motifs is 2. The van der Waals surface area contributed by atoms with E-state index >= 15 is 0 Å². The first-order valence-corrected chi connectivity index (χ1v) is 12.1. The summed E-state index contributed by atoms with van der Waals surface area (Å²) in [5.41, 5.74) is 5.92. The second kappa shape index (κ2) is 8.49. The van der Waals surface area contributed by atoms with Gasteiger partial charge in [0.05, 0.1) is 6.26 Å². The Labute approximate surface area is 173 Å². The van der Waals surface area contributed by atoms with Gasteiger partial charge in [0.15, 0.2) is 0 Å². The van der Waals surface area contributed by atoms with Crippen molar-refractivity contribution in [3.63, 3.8) is 0 Å². The molecule has 0 radical (unpaired) electrons. The van der Waals surface area contributed by atoms with Crippen LogP contribution in [0.1, 0.15) is 24.0 Å². The molecule has 2 aromatic carbocycles. The maximum atomic E-state index is 9.19. The summed E-state index contributed by atoms with van der Waals surface area (Å²) in [6, 6.07) is 15.5. The van der Waals surface area contributed by atoms with Crippen LogP contribution in [0.15, 0.2) is 62.3 Å². The molecule has 1 fully saturated rings. The van der Waals surface area contributed by atoms with Gasteiger partial charge in [0.25, 0.3) is 10.1 Å². The topological polar surface area (TPSA) is 57.6 Å². The lowest BCUT2D eigenvalue weighted by atomic mass is 9.88. The third kappa shape index (κ3) is 5.45. The summed E-state index contributed by atoms with van der Waals surface area (Å²) >= 11 is 5.55. The molecular weight excluding hydrogens is 446 g/mol. The number of likely N-dealkylation sites (tertiary alicyclic amines) is 1. The van der Waals surface area contributed by atoms with E-state index in [0.717, 1.165) is 17.6 Å². The van der Waals surface area contributed by atoms with Crippen LogP contribution in [-0.4, -0.2) is 44.3 Å². The Hall–Kier alpha value is -1.12. The Morgan fingerprint density at radius 1 is 1.04 bits per heavy atom. The molecule has 4 rings (SSSR count). The van der Waals surface area contributed by atoms with Gasteiger partial charge in [0, 0.05) is 27.4 Å². The van der Waals surface area contributed by atoms with Crippen molar-refractivity contribution in [1.29, 1.82) is 0 Å². The Morgan fingerprint density at radius 2 is 1.63 bits per heavy atom. The Balaban J connectivity index is 0.000000376. The van der Waals surface area contributed by atoms with Crippen LogP contribution in [0.3, 0.4) is 0 Å². The number of halogens is 1. The molecule has 7 heteroatoms. The maximum Gasteiger partial charge on any atom is 0.261 e. The van der Waals surface area contributed by atoms with Crippen molar-refractivity contribution in [3.05, 3.63) is 63.6 Å². The maximum absolute atomic E-state index is 9.19. The van der Waals surface area contributed by atoms with Crippen LogP contribution in [0.5, 0.6) is 0 Å². The van der Waals surface area contributed by atoms with Gasteiger partial charge in [-0.25, -0.2) is 0 Å². The van der Waals surface area contributed by atoms with Crippen molar-refractivity contribution in [3.8, 4) is 0 Å². The molecule has 2 aromatic rings. The molecule has 4 nitrogen and oxygen atoms in total. The number of rotatable bonds is 0. The molecule has 0 atom stereocenters. The lowest BCUT2D eigenvalue weighted by molar-refractivity contribution is 0.313. The van der Waals surface area contributed by atoms with Crippen LogP contribution in [0.25, 0.3) is 5.57 Å². The zero-order valence-corrected chi connectivity index (χ0v) is 18.5. The zero-order valence-electron chi connectivity index (χ0n) is 15.3. The Morgan fingerprint density at radius 3 is 2.30 bits per heavy atom. The molecule has 0 bridgehead atoms. The summed E-state index contributed by atoms with van der Waals surface area (Å²) in [6.45, 7) is 2.33. The molecule has 0 amide bonds. The third-order valence-corrected chi connectivity index (χ3v) is 6.18. The summed E-state index contributed by atoms with van der Waals surface area (Å²) in [5, 5.41) is 0. The van der Waals surface area contributed by atoms with Gasteiger partial charge in [0.1, 0.15) is 0 Å². The SMILES string of the molecule is CN1CCC(=C2c3ccccc3Sc3ccc(Br)cc32)CC1.CS(=O)(=O)O. The van der Waals surface area contributed by atoms with E-state index in [-0.39, 0.29) is 0 Å². The minimum Gasteiger partial charge on any atom is -0.306 e. The largest absolute Gasteiger partial charge is 0.306 e. The van der Waals surface area contributed by atoms with E-state index in [9.17, 15) is 8.42 Å². The van der Waals surface area contributed by atoms with Gasteiger partial charge >= 0.3 is 0 Å². The van der Waals surface area contributed by atoms with E-state index in [1.165, 1.54) is 39.3 Å². The van der Waals surface area contributed by atoms with Crippen molar-refractivity contribution in [2.45, 2.75) is 22.6 Å². The van der Waals surface area contributed by atoms with Crippen LogP contribution in [-0.2, 0) is 10.1 Å². The third-order valence-electron chi connectivity index (χ3n) is 4.53. The molecule has 0 aliphatic carbocycles. The molecule has 0 aromatic heterocycles. The average molecular weight is 468 g/mol. The fourth-order valence-corrected chi connectivity index (χ4v) is 4.76. The van der Waals surface area contributed by atoms with Crippen LogP contribution in [0.4, 0.5) is 0 Å². The van der Waals surface area contributed by atoms with Gasteiger partial charge in [-0.1, -0.05) is 51.5 Å². The lowest BCUT2D eigenvalue weighted by Gasteiger charge is -2.30. The van der Waals surface area contributed by atoms with E-state index in [4.69, 9.17) is 4.55 Å². The van der Waals surface area contributed by atoms with Crippen molar-refractivity contribution in [1.82, 2.24) is 4.90 Å².